The summed E-state index contributed by atoms with van der Waals surface area (Å²) in [6, 6.07) is 12.2. The van der Waals surface area contributed by atoms with Crippen molar-refractivity contribution >= 4 is 32.4 Å². The number of H-pyrrole nitrogens is 1. The van der Waals surface area contributed by atoms with Crippen LogP contribution in [0, 0.1) is 0 Å². The van der Waals surface area contributed by atoms with E-state index in [4.69, 9.17) is 5.73 Å². The van der Waals surface area contributed by atoms with Crippen molar-refractivity contribution in [3.05, 3.63) is 73.2 Å². The van der Waals surface area contributed by atoms with E-state index in [1.807, 2.05) is 12.1 Å². The Morgan fingerprint density at radius 2 is 1.76 bits per heavy atom. The summed E-state index contributed by atoms with van der Waals surface area (Å²) in [6.45, 7) is 0.201. The van der Waals surface area contributed by atoms with Gasteiger partial charge in [-0.25, -0.2) is 4.68 Å². The standard InChI is InChI=1S/C15H12BrN3O2/c16-12-6-3-7-13(17)11(12)8-19-15(21)10-5-2-1-4-9(10)14(20)18-19/h1-7H,8,17H2,(H,18,20). The van der Waals surface area contributed by atoms with E-state index < -0.39 is 0 Å². The second kappa shape index (κ2) is 5.21. The van der Waals surface area contributed by atoms with Crippen molar-refractivity contribution in [2.24, 2.45) is 0 Å². The van der Waals surface area contributed by atoms with Crippen LogP contribution < -0.4 is 16.9 Å². The molecule has 0 saturated carbocycles. The highest BCUT2D eigenvalue weighted by molar-refractivity contribution is 9.10. The van der Waals surface area contributed by atoms with Gasteiger partial charge in [-0.3, -0.25) is 14.7 Å². The molecule has 5 nitrogen and oxygen atoms in total. The molecule has 0 unspecified atom stereocenters. The summed E-state index contributed by atoms with van der Waals surface area (Å²) >= 11 is 3.41. The molecule has 2 aromatic carbocycles. The summed E-state index contributed by atoms with van der Waals surface area (Å²) in [5.74, 6) is 0. The van der Waals surface area contributed by atoms with E-state index in [2.05, 4.69) is 21.0 Å². The Balaban J connectivity index is 2.21. The molecule has 6 heteroatoms. The van der Waals surface area contributed by atoms with Crippen LogP contribution in [0.3, 0.4) is 0 Å². The van der Waals surface area contributed by atoms with E-state index in [1.165, 1.54) is 4.68 Å². The number of nitrogen functional groups attached to an aromatic ring is 1. The minimum absolute atomic E-state index is 0.201. The van der Waals surface area contributed by atoms with Crippen LogP contribution in [0.4, 0.5) is 5.69 Å². The molecular formula is C15H12BrN3O2. The average molecular weight is 346 g/mol. The first-order valence-corrected chi connectivity index (χ1v) is 7.12. The SMILES string of the molecule is Nc1cccc(Br)c1Cn1[nH]c(=O)c2ccccc2c1=O. The number of aromatic amines is 1. The van der Waals surface area contributed by atoms with Crippen LogP contribution in [0.15, 0.2) is 56.5 Å². The van der Waals surface area contributed by atoms with Gasteiger partial charge in [-0.1, -0.05) is 34.1 Å². The van der Waals surface area contributed by atoms with Gasteiger partial charge in [-0.15, -0.1) is 0 Å². The predicted octanol–water partition coefficient (Wildman–Crippen LogP) is 2.08. The fraction of sp³-hybridized carbons (Fsp3) is 0.0667. The smallest absolute Gasteiger partial charge is 0.273 e. The lowest BCUT2D eigenvalue weighted by atomic mass is 10.1. The van der Waals surface area contributed by atoms with Gasteiger partial charge in [-0.2, -0.15) is 0 Å². The van der Waals surface area contributed by atoms with Gasteiger partial charge in [0.1, 0.15) is 0 Å². The number of fused-ring (bicyclic) bond motifs is 1. The molecule has 3 N–H and O–H groups in total. The van der Waals surface area contributed by atoms with Crippen molar-refractivity contribution < 1.29 is 0 Å². The molecule has 0 atom stereocenters. The Bertz CT molecular complexity index is 923. The van der Waals surface area contributed by atoms with Crippen molar-refractivity contribution in [2.45, 2.75) is 6.54 Å². The van der Waals surface area contributed by atoms with Gasteiger partial charge in [0.05, 0.1) is 17.3 Å². The van der Waals surface area contributed by atoms with E-state index in [0.29, 0.717) is 16.5 Å². The molecule has 0 amide bonds. The minimum atomic E-state index is -0.296. The van der Waals surface area contributed by atoms with E-state index in [0.717, 1.165) is 10.0 Å². The fourth-order valence-corrected chi connectivity index (χ4v) is 2.77. The first-order chi connectivity index (χ1) is 10.1. The first-order valence-electron chi connectivity index (χ1n) is 6.32. The van der Waals surface area contributed by atoms with Gasteiger partial charge >= 0.3 is 0 Å². The zero-order chi connectivity index (χ0) is 15.0. The van der Waals surface area contributed by atoms with Crippen LogP contribution in [-0.2, 0) is 6.54 Å². The van der Waals surface area contributed by atoms with Gasteiger partial charge in [0.25, 0.3) is 11.1 Å². The summed E-state index contributed by atoms with van der Waals surface area (Å²) in [4.78, 5) is 24.5. The number of hydrogen-bond donors (Lipinski definition) is 2. The number of nitrogens with zero attached hydrogens (tertiary/aromatic N) is 1. The summed E-state index contributed by atoms with van der Waals surface area (Å²) in [5.41, 5.74) is 6.70. The number of aromatic nitrogens is 2. The summed E-state index contributed by atoms with van der Waals surface area (Å²) < 4.78 is 2.07. The number of benzene rings is 2. The molecule has 0 spiro atoms. The first kappa shape index (κ1) is 13.6. The third-order valence-corrected chi connectivity index (χ3v) is 4.10. The third-order valence-electron chi connectivity index (χ3n) is 3.36. The minimum Gasteiger partial charge on any atom is -0.398 e. The van der Waals surface area contributed by atoms with Gasteiger partial charge in [0, 0.05) is 15.7 Å². The molecule has 1 aromatic heterocycles. The quantitative estimate of drug-likeness (QED) is 0.697. The van der Waals surface area contributed by atoms with E-state index >= 15 is 0 Å². The van der Waals surface area contributed by atoms with E-state index in [9.17, 15) is 9.59 Å². The predicted molar refractivity (Wildman–Crippen MR) is 86.5 cm³/mol. The lowest BCUT2D eigenvalue weighted by Gasteiger charge is -2.11. The number of hydrogen-bond acceptors (Lipinski definition) is 3. The van der Waals surface area contributed by atoms with Gasteiger partial charge in [0.2, 0.25) is 0 Å². The molecule has 0 aliphatic rings. The van der Waals surface area contributed by atoms with Crippen LogP contribution in [0.1, 0.15) is 5.56 Å². The van der Waals surface area contributed by atoms with Crippen LogP contribution >= 0.6 is 15.9 Å². The number of nitrogens with one attached hydrogen (secondary N) is 1. The molecule has 0 bridgehead atoms. The van der Waals surface area contributed by atoms with Crippen LogP contribution in [-0.4, -0.2) is 9.78 Å². The van der Waals surface area contributed by atoms with Crippen molar-refractivity contribution in [3.8, 4) is 0 Å². The lowest BCUT2D eigenvalue weighted by molar-refractivity contribution is 0.636. The number of halogens is 1. The van der Waals surface area contributed by atoms with Crippen LogP contribution in [0.5, 0.6) is 0 Å². The Morgan fingerprint density at radius 3 is 2.48 bits per heavy atom. The Morgan fingerprint density at radius 1 is 1.05 bits per heavy atom. The van der Waals surface area contributed by atoms with E-state index in [1.54, 1.807) is 30.3 Å². The highest BCUT2D eigenvalue weighted by atomic mass is 79.9. The number of rotatable bonds is 2. The normalized spacial score (nSPS) is 10.9. The number of nitrogens with two attached hydrogens (primary N) is 1. The highest BCUT2D eigenvalue weighted by Crippen LogP contribution is 2.22. The molecular weight excluding hydrogens is 334 g/mol. The van der Waals surface area contributed by atoms with Crippen molar-refractivity contribution in [1.82, 2.24) is 9.78 Å². The van der Waals surface area contributed by atoms with Crippen LogP contribution in [0.2, 0.25) is 0 Å². The van der Waals surface area contributed by atoms with Gasteiger partial charge in [0.15, 0.2) is 0 Å². The molecule has 106 valence electrons. The summed E-state index contributed by atoms with van der Waals surface area (Å²) in [7, 11) is 0. The molecule has 21 heavy (non-hydrogen) atoms. The topological polar surface area (TPSA) is 80.9 Å². The molecule has 3 aromatic rings. The van der Waals surface area contributed by atoms with Crippen LogP contribution in [0.25, 0.3) is 10.8 Å². The Kier molecular flexibility index (Phi) is 3.39. The second-order valence-corrected chi connectivity index (χ2v) is 5.54. The maximum atomic E-state index is 12.4. The van der Waals surface area contributed by atoms with Crippen molar-refractivity contribution in [1.29, 1.82) is 0 Å². The zero-order valence-electron chi connectivity index (χ0n) is 11.0. The third kappa shape index (κ3) is 2.38. The zero-order valence-corrected chi connectivity index (χ0v) is 12.6. The molecule has 3 rings (SSSR count). The largest absolute Gasteiger partial charge is 0.398 e. The molecule has 0 aliphatic carbocycles. The lowest BCUT2D eigenvalue weighted by Crippen LogP contribution is -2.30. The maximum absolute atomic E-state index is 12.4. The van der Waals surface area contributed by atoms with Crippen molar-refractivity contribution in [3.63, 3.8) is 0 Å². The summed E-state index contributed by atoms with van der Waals surface area (Å²) in [6.07, 6.45) is 0. The summed E-state index contributed by atoms with van der Waals surface area (Å²) in [5, 5.41) is 3.38. The molecule has 0 aliphatic heterocycles. The second-order valence-electron chi connectivity index (χ2n) is 4.69. The Labute approximate surface area is 128 Å². The molecule has 0 radical (unpaired) electrons. The van der Waals surface area contributed by atoms with Crippen molar-refractivity contribution in [2.75, 3.05) is 5.73 Å². The van der Waals surface area contributed by atoms with Gasteiger partial charge < -0.3 is 5.73 Å². The molecule has 0 fully saturated rings. The monoisotopic (exact) mass is 345 g/mol. The average Bonchev–Trinajstić information content (AvgIpc) is 2.48. The Hall–Kier alpha value is -2.34. The van der Waals surface area contributed by atoms with E-state index in [-0.39, 0.29) is 17.7 Å². The fourth-order valence-electron chi connectivity index (χ4n) is 2.26. The molecule has 1 heterocycles. The highest BCUT2D eigenvalue weighted by Gasteiger charge is 2.10. The molecule has 0 saturated heterocycles. The maximum Gasteiger partial charge on any atom is 0.273 e. The number of anilines is 1. The van der Waals surface area contributed by atoms with Gasteiger partial charge in [-0.05, 0) is 24.3 Å².